The first-order chi connectivity index (χ1) is 27.3. The zero-order valence-corrected chi connectivity index (χ0v) is 31.0. The summed E-state index contributed by atoms with van der Waals surface area (Å²) < 4.78 is 5.14. The molecule has 0 spiro atoms. The first-order valence-corrected chi connectivity index (χ1v) is 19.9. The van der Waals surface area contributed by atoms with E-state index in [9.17, 15) is 0 Å². The van der Waals surface area contributed by atoms with Crippen molar-refractivity contribution < 1.29 is 0 Å². The van der Waals surface area contributed by atoms with Crippen LogP contribution in [0.4, 0.5) is 11.4 Å². The van der Waals surface area contributed by atoms with Gasteiger partial charge in [-0.3, -0.25) is 0 Å². The average molecular weight is 721 g/mol. The van der Waals surface area contributed by atoms with Crippen LogP contribution in [-0.4, -0.2) is 4.57 Å². The van der Waals surface area contributed by atoms with Crippen LogP contribution >= 0.6 is 11.3 Å². The van der Waals surface area contributed by atoms with Gasteiger partial charge in [-0.2, -0.15) is 0 Å². The molecule has 11 rings (SSSR count). The molecule has 0 radical (unpaired) electrons. The van der Waals surface area contributed by atoms with Gasteiger partial charge in [0.1, 0.15) is 0 Å². The second-order valence-corrected chi connectivity index (χ2v) is 15.4. The van der Waals surface area contributed by atoms with Gasteiger partial charge in [-0.15, -0.1) is 11.3 Å². The molecular formula is C52H36N2S. The number of para-hydroxylation sites is 2. The smallest absolute Gasteiger partial charge is 0.0736 e. The van der Waals surface area contributed by atoms with Crippen LogP contribution < -0.4 is 15.5 Å². The van der Waals surface area contributed by atoms with Gasteiger partial charge in [-0.1, -0.05) is 140 Å². The number of nitrogens with zero attached hydrogens (tertiary/aromatic N) is 2. The van der Waals surface area contributed by atoms with Gasteiger partial charge in [0.2, 0.25) is 0 Å². The Bertz CT molecular complexity index is 3170. The molecule has 8 aromatic carbocycles. The van der Waals surface area contributed by atoms with Crippen molar-refractivity contribution in [1.82, 2.24) is 4.57 Å². The lowest BCUT2D eigenvalue weighted by atomic mass is 9.96. The molecule has 55 heavy (non-hydrogen) atoms. The van der Waals surface area contributed by atoms with Gasteiger partial charge in [0.25, 0.3) is 0 Å². The number of benzene rings is 8. The Morgan fingerprint density at radius 3 is 1.87 bits per heavy atom. The van der Waals surface area contributed by atoms with Gasteiger partial charge in [0, 0.05) is 59.1 Å². The molecule has 0 atom stereocenters. The Kier molecular flexibility index (Phi) is 7.53. The average Bonchev–Trinajstić information content (AvgIpc) is 3.82. The highest BCUT2D eigenvalue weighted by atomic mass is 32.1. The van der Waals surface area contributed by atoms with E-state index >= 15 is 0 Å². The predicted molar refractivity (Wildman–Crippen MR) is 236 cm³/mol. The van der Waals surface area contributed by atoms with Crippen LogP contribution in [0.2, 0.25) is 0 Å². The van der Waals surface area contributed by atoms with E-state index in [0.717, 1.165) is 24.2 Å². The molecular weight excluding hydrogens is 685 g/mol. The quantitative estimate of drug-likeness (QED) is 0.166. The third-order valence-electron chi connectivity index (χ3n) is 11.2. The molecule has 2 aromatic heterocycles. The molecule has 10 aromatic rings. The molecule has 0 unspecified atom stereocenters. The molecule has 1 aliphatic rings. The first kappa shape index (κ1) is 31.8. The van der Waals surface area contributed by atoms with E-state index in [-0.39, 0.29) is 0 Å². The predicted octanol–water partition coefficient (Wildman–Crippen LogP) is 13.0. The molecule has 2 nitrogen and oxygen atoms in total. The third-order valence-corrected chi connectivity index (χ3v) is 12.4. The molecule has 0 fully saturated rings. The summed E-state index contributed by atoms with van der Waals surface area (Å²) in [5, 5.41) is 9.13. The van der Waals surface area contributed by atoms with E-state index in [1.165, 1.54) is 86.1 Å². The third kappa shape index (κ3) is 5.23. The highest BCUT2D eigenvalue weighted by molar-refractivity contribution is 7.26. The van der Waals surface area contributed by atoms with Crippen molar-refractivity contribution in [3.05, 3.63) is 199 Å². The number of fused-ring (bicyclic) bond motifs is 8. The van der Waals surface area contributed by atoms with Crippen molar-refractivity contribution in [3.63, 3.8) is 0 Å². The Morgan fingerprint density at radius 2 is 1.11 bits per heavy atom. The van der Waals surface area contributed by atoms with Crippen LogP contribution in [0.3, 0.4) is 0 Å². The van der Waals surface area contributed by atoms with Crippen molar-refractivity contribution in [2.24, 2.45) is 0 Å². The lowest BCUT2D eigenvalue weighted by Gasteiger charge is -2.30. The Balaban J connectivity index is 1.14. The van der Waals surface area contributed by atoms with Crippen LogP contribution in [0.5, 0.6) is 0 Å². The zero-order chi connectivity index (χ0) is 36.3. The van der Waals surface area contributed by atoms with E-state index in [4.69, 9.17) is 0 Å². The van der Waals surface area contributed by atoms with Crippen molar-refractivity contribution >= 4 is 76.3 Å². The van der Waals surface area contributed by atoms with Gasteiger partial charge in [-0.25, -0.2) is 0 Å². The number of anilines is 2. The number of aromatic nitrogens is 1. The number of hydrogen-bond acceptors (Lipinski definition) is 2. The topological polar surface area (TPSA) is 8.17 Å². The molecule has 1 aliphatic carbocycles. The summed E-state index contributed by atoms with van der Waals surface area (Å²) >= 11 is 1.90. The fourth-order valence-electron chi connectivity index (χ4n) is 8.76. The van der Waals surface area contributed by atoms with E-state index < -0.39 is 0 Å². The van der Waals surface area contributed by atoms with Crippen molar-refractivity contribution in [3.8, 4) is 27.9 Å². The van der Waals surface area contributed by atoms with Gasteiger partial charge < -0.3 is 9.47 Å². The Morgan fingerprint density at radius 1 is 0.509 bits per heavy atom. The second-order valence-electron chi connectivity index (χ2n) is 14.4. The summed E-state index contributed by atoms with van der Waals surface area (Å²) in [6.07, 6.45) is 4.34. The molecule has 2 heterocycles. The van der Waals surface area contributed by atoms with Crippen molar-refractivity contribution in [1.29, 1.82) is 0 Å². The summed E-state index contributed by atoms with van der Waals surface area (Å²) in [6, 6.07) is 68.9. The summed E-state index contributed by atoms with van der Waals surface area (Å²) in [6.45, 7) is 0. The summed E-state index contributed by atoms with van der Waals surface area (Å²) in [7, 11) is 0. The van der Waals surface area contributed by atoms with Crippen LogP contribution in [-0.2, 0) is 0 Å². The van der Waals surface area contributed by atoms with Crippen LogP contribution in [0.25, 0.3) is 81.6 Å². The Labute approximate surface area is 323 Å². The lowest BCUT2D eigenvalue weighted by Crippen LogP contribution is -2.38. The molecule has 0 saturated carbocycles. The summed E-state index contributed by atoms with van der Waals surface area (Å²) in [5.41, 5.74) is 11.0. The summed E-state index contributed by atoms with van der Waals surface area (Å²) in [4.78, 5) is 2.51. The lowest BCUT2D eigenvalue weighted by molar-refractivity contribution is 0.967. The van der Waals surface area contributed by atoms with E-state index in [1.54, 1.807) is 0 Å². The fraction of sp³-hybridized carbons (Fsp3) is 0.0385. The maximum atomic E-state index is 2.51. The van der Waals surface area contributed by atoms with Crippen LogP contribution in [0.15, 0.2) is 188 Å². The number of thiophene rings is 1. The van der Waals surface area contributed by atoms with E-state index in [1.807, 2.05) is 11.3 Å². The Hall–Kier alpha value is -6.68. The van der Waals surface area contributed by atoms with Gasteiger partial charge >= 0.3 is 0 Å². The molecule has 0 amide bonds. The number of rotatable bonds is 6. The van der Waals surface area contributed by atoms with Gasteiger partial charge in [0.05, 0.1) is 10.9 Å². The van der Waals surface area contributed by atoms with E-state index in [0.29, 0.717) is 0 Å². The molecule has 260 valence electrons. The molecule has 0 aliphatic heterocycles. The molecule has 0 N–H and O–H groups in total. The van der Waals surface area contributed by atoms with Crippen molar-refractivity contribution in [2.45, 2.75) is 12.8 Å². The monoisotopic (exact) mass is 720 g/mol. The minimum Gasteiger partial charge on any atom is -0.312 e. The second kappa shape index (κ2) is 13.0. The van der Waals surface area contributed by atoms with Gasteiger partial charge in [-0.05, 0) is 94.9 Å². The molecule has 0 bridgehead atoms. The maximum absolute atomic E-state index is 2.51. The standard InChI is InChI=1S/C52H36N2S/c1-3-14-35(15-4-1)36-26-30-40(31-27-36)53(48-24-13-22-44-43-20-9-11-23-47(43)54(51(44)48)39-17-5-2-6-18-39)41-32-28-37(29-33-41)46-34-38-16-7-8-19-42(38)50-45-21-10-12-25-49(45)55-52(46)50/h1-12,14-23,25-34H,13,24H2. The fourth-order valence-corrected chi connectivity index (χ4v) is 10.0. The zero-order valence-electron chi connectivity index (χ0n) is 30.2. The molecule has 0 saturated heterocycles. The van der Waals surface area contributed by atoms with E-state index in [2.05, 4.69) is 204 Å². The van der Waals surface area contributed by atoms with Crippen molar-refractivity contribution in [2.75, 3.05) is 4.90 Å². The first-order valence-electron chi connectivity index (χ1n) is 19.1. The highest BCUT2D eigenvalue weighted by Crippen LogP contribution is 2.45. The summed E-state index contributed by atoms with van der Waals surface area (Å²) in [5.74, 6) is 0. The largest absolute Gasteiger partial charge is 0.312 e. The maximum Gasteiger partial charge on any atom is 0.0736 e. The van der Waals surface area contributed by atoms with Crippen LogP contribution in [0, 0.1) is 0 Å². The minimum absolute atomic E-state index is 0.922. The normalized spacial score (nSPS) is 12.7. The molecule has 3 heteroatoms. The SMILES string of the molecule is C1=c2c(n(-c3ccccc3)c3ccccc23)=C(N(c2ccc(-c3ccccc3)cc2)c2ccc(-c3cc4ccccc4c4c3sc3ccccc34)cc2)CC1. The number of hydrogen-bond donors (Lipinski definition) is 0. The highest BCUT2D eigenvalue weighted by Gasteiger charge is 2.23. The van der Waals surface area contributed by atoms with Crippen LogP contribution in [0.1, 0.15) is 12.8 Å². The minimum atomic E-state index is 0.922. The van der Waals surface area contributed by atoms with Gasteiger partial charge in [0.15, 0.2) is 0 Å².